The Morgan fingerprint density at radius 1 is 1.18 bits per heavy atom. The van der Waals surface area contributed by atoms with Crippen molar-refractivity contribution in [1.29, 1.82) is 0 Å². The quantitative estimate of drug-likeness (QED) is 0.819. The molecular weight excluding hydrogens is 394 g/mol. The molecule has 8 heteroatoms. The van der Waals surface area contributed by atoms with Gasteiger partial charge >= 0.3 is 0 Å². The normalized spacial score (nSPS) is 18.6. The molecule has 4 rings (SSSR count). The van der Waals surface area contributed by atoms with Crippen molar-refractivity contribution in [2.75, 3.05) is 11.9 Å². The Hall–Kier alpha value is -1.77. The molecule has 0 atom stereocenters. The van der Waals surface area contributed by atoms with E-state index in [9.17, 15) is 13.2 Å². The lowest BCUT2D eigenvalue weighted by Crippen LogP contribution is -2.35. The highest BCUT2D eigenvalue weighted by Crippen LogP contribution is 2.32. The highest BCUT2D eigenvalue weighted by atomic mass is 32.2. The minimum atomic E-state index is -3.53. The third-order valence-corrected chi connectivity index (χ3v) is 8.42. The van der Waals surface area contributed by atoms with Crippen LogP contribution in [0, 0.1) is 12.8 Å². The van der Waals surface area contributed by atoms with Gasteiger partial charge in [-0.05, 0) is 31.9 Å². The van der Waals surface area contributed by atoms with Gasteiger partial charge in [-0.1, -0.05) is 37.0 Å². The second kappa shape index (κ2) is 7.93. The average molecular weight is 420 g/mol. The van der Waals surface area contributed by atoms with Crippen molar-refractivity contribution in [2.24, 2.45) is 5.92 Å². The minimum absolute atomic E-state index is 0.0509. The fourth-order valence-corrected chi connectivity index (χ4v) is 6.38. The molecule has 0 unspecified atom stereocenters. The number of hydrogen-bond acceptors (Lipinski definition) is 5. The molecule has 6 nitrogen and oxygen atoms in total. The summed E-state index contributed by atoms with van der Waals surface area (Å²) in [5, 5.41) is 3.55. The zero-order valence-electron chi connectivity index (χ0n) is 16.0. The van der Waals surface area contributed by atoms with Crippen LogP contribution in [0.2, 0.25) is 0 Å². The van der Waals surface area contributed by atoms with Crippen molar-refractivity contribution in [3.05, 3.63) is 40.4 Å². The molecule has 1 fully saturated rings. The predicted molar refractivity (Wildman–Crippen MR) is 110 cm³/mol. The van der Waals surface area contributed by atoms with Crippen LogP contribution in [0.4, 0.5) is 5.13 Å². The van der Waals surface area contributed by atoms with E-state index in [0.29, 0.717) is 29.5 Å². The maximum absolute atomic E-state index is 12.9. The van der Waals surface area contributed by atoms with Gasteiger partial charge in [-0.25, -0.2) is 13.4 Å². The average Bonchev–Trinajstić information content (AvgIpc) is 3.10. The number of sulfonamides is 1. The molecule has 1 aromatic carbocycles. The van der Waals surface area contributed by atoms with E-state index in [-0.39, 0.29) is 11.8 Å². The van der Waals surface area contributed by atoms with Crippen LogP contribution >= 0.6 is 11.3 Å². The predicted octanol–water partition coefficient (Wildman–Crippen LogP) is 3.72. The Labute approximate surface area is 170 Å². The largest absolute Gasteiger partial charge is 0.302 e. The number of nitrogens with one attached hydrogen (secondary N) is 1. The lowest BCUT2D eigenvalue weighted by molar-refractivity contribution is -0.120. The summed E-state index contributed by atoms with van der Waals surface area (Å²) in [4.78, 5) is 18.3. The van der Waals surface area contributed by atoms with E-state index in [4.69, 9.17) is 0 Å². The van der Waals surface area contributed by atoms with Crippen LogP contribution in [0.1, 0.15) is 48.2 Å². The van der Waals surface area contributed by atoms with Crippen LogP contribution in [0.5, 0.6) is 0 Å². The molecule has 150 valence electrons. The summed E-state index contributed by atoms with van der Waals surface area (Å²) >= 11 is 1.40. The molecule has 1 aliphatic carbocycles. The van der Waals surface area contributed by atoms with E-state index >= 15 is 0 Å². The second-order valence-electron chi connectivity index (χ2n) is 7.61. The van der Waals surface area contributed by atoms with E-state index in [1.54, 1.807) is 12.1 Å². The molecule has 1 aliphatic heterocycles. The molecule has 1 amide bonds. The van der Waals surface area contributed by atoms with Crippen molar-refractivity contribution in [3.8, 4) is 0 Å². The van der Waals surface area contributed by atoms with Crippen LogP contribution in [0.25, 0.3) is 0 Å². The smallest absolute Gasteiger partial charge is 0.243 e. The molecule has 0 bridgehead atoms. The monoisotopic (exact) mass is 419 g/mol. The number of amides is 1. The van der Waals surface area contributed by atoms with Crippen LogP contribution in [0.15, 0.2) is 29.2 Å². The Kier molecular flexibility index (Phi) is 5.53. The summed E-state index contributed by atoms with van der Waals surface area (Å²) in [7, 11) is -3.53. The Bertz CT molecular complexity index is 961. The molecule has 1 saturated carbocycles. The van der Waals surface area contributed by atoms with E-state index in [0.717, 1.165) is 41.8 Å². The number of fused-ring (bicyclic) bond motifs is 1. The zero-order chi connectivity index (χ0) is 19.7. The molecule has 0 radical (unpaired) electrons. The van der Waals surface area contributed by atoms with Gasteiger partial charge in [0.1, 0.15) is 0 Å². The summed E-state index contributed by atoms with van der Waals surface area (Å²) in [5.74, 6) is 0.128. The van der Waals surface area contributed by atoms with Gasteiger partial charge in [0.15, 0.2) is 5.13 Å². The van der Waals surface area contributed by atoms with Gasteiger partial charge in [0.25, 0.3) is 0 Å². The van der Waals surface area contributed by atoms with E-state index in [1.165, 1.54) is 22.1 Å². The summed E-state index contributed by atoms with van der Waals surface area (Å²) in [6.45, 7) is 2.65. The number of rotatable bonds is 4. The van der Waals surface area contributed by atoms with Crippen LogP contribution in [0.3, 0.4) is 0 Å². The maximum atomic E-state index is 12.9. The van der Waals surface area contributed by atoms with E-state index in [2.05, 4.69) is 10.3 Å². The van der Waals surface area contributed by atoms with Crippen LogP contribution < -0.4 is 5.32 Å². The topological polar surface area (TPSA) is 79.4 Å². The fraction of sp³-hybridized carbons (Fsp3) is 0.500. The Morgan fingerprint density at radius 2 is 1.89 bits per heavy atom. The van der Waals surface area contributed by atoms with Crippen molar-refractivity contribution < 1.29 is 13.2 Å². The summed E-state index contributed by atoms with van der Waals surface area (Å²) in [6, 6.07) is 6.94. The Morgan fingerprint density at radius 3 is 2.61 bits per heavy atom. The van der Waals surface area contributed by atoms with Gasteiger partial charge in [-0.3, -0.25) is 4.79 Å². The molecule has 1 aromatic heterocycles. The van der Waals surface area contributed by atoms with Crippen molar-refractivity contribution in [1.82, 2.24) is 9.29 Å². The third kappa shape index (κ3) is 3.99. The first kappa shape index (κ1) is 19.5. The third-order valence-electron chi connectivity index (χ3n) is 5.56. The van der Waals surface area contributed by atoms with Crippen molar-refractivity contribution in [2.45, 2.75) is 56.9 Å². The van der Waals surface area contributed by atoms with Gasteiger partial charge in [-0.2, -0.15) is 4.31 Å². The molecule has 2 aromatic rings. The number of aromatic nitrogens is 1. The van der Waals surface area contributed by atoms with Gasteiger partial charge in [0.2, 0.25) is 15.9 Å². The zero-order valence-corrected chi connectivity index (χ0v) is 17.6. The molecule has 2 aliphatic rings. The molecule has 2 heterocycles. The number of nitrogens with zero attached hydrogens (tertiary/aromatic N) is 2. The van der Waals surface area contributed by atoms with Crippen LogP contribution in [-0.4, -0.2) is 30.2 Å². The number of thiazole rings is 1. The highest BCUT2D eigenvalue weighted by molar-refractivity contribution is 7.89. The van der Waals surface area contributed by atoms with Gasteiger partial charge in [-0.15, -0.1) is 11.3 Å². The SMILES string of the molecule is Cc1ccc(S(=O)(=O)N2CCc3nc(NC(=O)C4CCCCC4)sc3C2)cc1. The standard InChI is InChI=1S/C20H25N3O3S2/c1-14-7-9-16(10-8-14)28(25,26)23-12-11-17-18(13-23)27-20(21-17)22-19(24)15-5-3-2-4-6-15/h7-10,15H,2-6,11-13H2,1H3,(H,21,22,24). The Balaban J connectivity index is 1.47. The first-order valence-electron chi connectivity index (χ1n) is 9.80. The number of anilines is 1. The maximum Gasteiger partial charge on any atom is 0.243 e. The lowest BCUT2D eigenvalue weighted by atomic mass is 9.89. The molecule has 0 spiro atoms. The van der Waals surface area contributed by atoms with Crippen molar-refractivity contribution >= 4 is 32.4 Å². The number of carbonyl (C=O) groups excluding carboxylic acids is 1. The first-order chi connectivity index (χ1) is 13.4. The molecular formula is C20H25N3O3S2. The summed E-state index contributed by atoms with van der Waals surface area (Å²) < 4.78 is 27.4. The minimum Gasteiger partial charge on any atom is -0.302 e. The summed E-state index contributed by atoms with van der Waals surface area (Å²) in [5.41, 5.74) is 1.93. The number of hydrogen-bond donors (Lipinski definition) is 1. The van der Waals surface area contributed by atoms with Crippen LogP contribution in [-0.2, 0) is 27.8 Å². The number of carbonyl (C=O) groups is 1. The van der Waals surface area contributed by atoms with E-state index in [1.807, 2.05) is 19.1 Å². The molecule has 1 N–H and O–H groups in total. The second-order valence-corrected chi connectivity index (χ2v) is 10.6. The summed E-state index contributed by atoms with van der Waals surface area (Å²) in [6.07, 6.45) is 5.88. The highest BCUT2D eigenvalue weighted by Gasteiger charge is 2.31. The lowest BCUT2D eigenvalue weighted by Gasteiger charge is -2.25. The van der Waals surface area contributed by atoms with Crippen molar-refractivity contribution in [3.63, 3.8) is 0 Å². The molecule has 0 saturated heterocycles. The van der Waals surface area contributed by atoms with Gasteiger partial charge in [0, 0.05) is 23.8 Å². The van der Waals surface area contributed by atoms with E-state index < -0.39 is 10.0 Å². The number of benzene rings is 1. The van der Waals surface area contributed by atoms with Gasteiger partial charge < -0.3 is 5.32 Å². The fourth-order valence-electron chi connectivity index (χ4n) is 3.86. The first-order valence-corrected chi connectivity index (χ1v) is 12.1. The number of aryl methyl sites for hydroxylation is 1. The molecule has 28 heavy (non-hydrogen) atoms. The van der Waals surface area contributed by atoms with Gasteiger partial charge in [0.05, 0.1) is 17.1 Å².